The van der Waals surface area contributed by atoms with Crippen molar-refractivity contribution in [1.82, 2.24) is 0 Å². The quantitative estimate of drug-likeness (QED) is 0.0713. The van der Waals surface area contributed by atoms with Crippen molar-refractivity contribution in [3.63, 3.8) is 0 Å². The zero-order chi connectivity index (χ0) is 36.6. The van der Waals surface area contributed by atoms with Crippen LogP contribution >= 0.6 is 0 Å². The molecule has 5 aromatic rings. The van der Waals surface area contributed by atoms with E-state index >= 15 is 0 Å². The molecule has 0 atom stereocenters. The van der Waals surface area contributed by atoms with E-state index in [4.69, 9.17) is 46.9 Å². The molecule has 5 rings (SSSR count). The highest BCUT2D eigenvalue weighted by molar-refractivity contribution is 7.86. The molecule has 15 N–H and O–H groups in total. The minimum atomic E-state index is -4.73. The second-order valence-electron chi connectivity index (χ2n) is 9.67. The fourth-order valence-corrected chi connectivity index (χ4v) is 6.30. The molecule has 48 heavy (non-hydrogen) atoms. The van der Waals surface area contributed by atoms with Gasteiger partial charge in [0.1, 0.15) is 15.5 Å². The highest BCUT2D eigenvalue weighted by atomic mass is 32.2. The van der Waals surface area contributed by atoms with Crippen molar-refractivity contribution in [2.75, 3.05) is 28.7 Å². The van der Waals surface area contributed by atoms with Gasteiger partial charge in [-0.05, 0) is 72.1 Å². The molecule has 0 aliphatic carbocycles. The largest absolute Gasteiger partial charge is 0.505 e. The molecular formula is C26H27N5O13S4. The Balaban J connectivity index is 0.000000205. The first-order valence-electron chi connectivity index (χ1n) is 12.5. The number of nitrogens with two attached hydrogens (primary N) is 5. The van der Waals surface area contributed by atoms with Crippen molar-refractivity contribution in [2.24, 2.45) is 0 Å². The summed E-state index contributed by atoms with van der Waals surface area (Å²) < 4.78 is 123. The highest BCUT2D eigenvalue weighted by Crippen LogP contribution is 2.39. The summed E-state index contributed by atoms with van der Waals surface area (Å²) in [6.07, 6.45) is 0. The van der Waals surface area contributed by atoms with Crippen molar-refractivity contribution in [3.8, 4) is 5.75 Å². The van der Waals surface area contributed by atoms with Crippen LogP contribution < -0.4 is 28.7 Å². The number of benzene rings is 5. The van der Waals surface area contributed by atoms with Crippen LogP contribution in [0.3, 0.4) is 0 Å². The van der Waals surface area contributed by atoms with E-state index in [-0.39, 0.29) is 26.3 Å². The van der Waals surface area contributed by atoms with Crippen LogP contribution in [0.1, 0.15) is 0 Å². The zero-order valence-corrected chi connectivity index (χ0v) is 27.2. The lowest BCUT2D eigenvalue weighted by atomic mass is 10.1. The predicted octanol–water partition coefficient (Wildman–Crippen LogP) is 1.97. The molecule has 0 aliphatic rings. The van der Waals surface area contributed by atoms with Gasteiger partial charge in [-0.25, -0.2) is 0 Å². The molecule has 0 aliphatic heterocycles. The van der Waals surface area contributed by atoms with Gasteiger partial charge in [0.05, 0.1) is 21.2 Å². The first-order chi connectivity index (χ1) is 21.8. The lowest BCUT2D eigenvalue weighted by molar-refractivity contribution is 0.473. The lowest BCUT2D eigenvalue weighted by Crippen LogP contribution is -2.06. The van der Waals surface area contributed by atoms with Crippen LogP contribution in [0.5, 0.6) is 5.75 Å². The Kier molecular flexibility index (Phi) is 10.4. The van der Waals surface area contributed by atoms with E-state index in [0.717, 1.165) is 18.2 Å². The summed E-state index contributed by atoms with van der Waals surface area (Å²) in [6.45, 7) is 0. The number of aromatic hydroxyl groups is 1. The van der Waals surface area contributed by atoms with Crippen molar-refractivity contribution >= 4 is 90.5 Å². The average molecular weight is 746 g/mol. The van der Waals surface area contributed by atoms with E-state index in [2.05, 4.69) is 0 Å². The van der Waals surface area contributed by atoms with Gasteiger partial charge in [-0.3, -0.25) is 18.2 Å². The smallest absolute Gasteiger partial charge is 0.296 e. The first-order valence-corrected chi connectivity index (χ1v) is 18.3. The topological polar surface area (TPSA) is 368 Å². The molecule has 5 aromatic carbocycles. The maximum absolute atomic E-state index is 11.2. The van der Waals surface area contributed by atoms with Crippen molar-refractivity contribution in [3.05, 3.63) is 72.8 Å². The number of phenols is 1. The molecule has 0 heterocycles. The fourth-order valence-electron chi connectivity index (χ4n) is 4.03. The number of rotatable bonds is 4. The van der Waals surface area contributed by atoms with Gasteiger partial charge in [-0.2, -0.15) is 33.7 Å². The van der Waals surface area contributed by atoms with Crippen molar-refractivity contribution < 1.29 is 57.0 Å². The predicted molar refractivity (Wildman–Crippen MR) is 177 cm³/mol. The van der Waals surface area contributed by atoms with Crippen LogP contribution in [0.2, 0.25) is 0 Å². The number of phenolic OH excluding ortho intramolecular Hbond substituents is 1. The molecule has 258 valence electrons. The van der Waals surface area contributed by atoms with E-state index in [1.165, 1.54) is 42.5 Å². The van der Waals surface area contributed by atoms with E-state index in [0.29, 0.717) is 27.8 Å². The van der Waals surface area contributed by atoms with Crippen LogP contribution in [0.15, 0.2) is 92.4 Å². The second kappa shape index (κ2) is 13.3. The fraction of sp³-hybridized carbons (Fsp3) is 0. The number of nitrogen functional groups attached to an aromatic ring is 5. The van der Waals surface area contributed by atoms with Crippen LogP contribution in [0.4, 0.5) is 28.4 Å². The monoisotopic (exact) mass is 745 g/mol. The van der Waals surface area contributed by atoms with Crippen LogP contribution in [0, 0.1) is 0 Å². The van der Waals surface area contributed by atoms with Gasteiger partial charge < -0.3 is 33.8 Å². The molecule has 0 radical (unpaired) electrons. The average Bonchev–Trinajstić information content (AvgIpc) is 2.95. The third kappa shape index (κ3) is 8.69. The van der Waals surface area contributed by atoms with E-state index in [1.807, 2.05) is 0 Å². The Morgan fingerprint density at radius 1 is 0.438 bits per heavy atom. The standard InChI is InChI=1S/C10H10N2O7S2.C10H10N2O3S.C6H7NO3S/c11-6-3-5-4(1-7(6)20(14,15)16)2-8(21(17,18)19)9(12)10(5)13;11-9-3-4-10(12)8-5-6(16(13,14)15)1-2-7(8)9;7-5-1-3-6(4-2-5)11(8,9)10/h1-3,13H,11-12H2,(H,14,15,16)(H,17,18,19);1-5H,11-12H2,(H,13,14,15);1-4H,7H2,(H,8,9,10). The molecule has 0 bridgehead atoms. The van der Waals surface area contributed by atoms with Gasteiger partial charge in [-0.15, -0.1) is 0 Å². The summed E-state index contributed by atoms with van der Waals surface area (Å²) >= 11 is 0. The van der Waals surface area contributed by atoms with Crippen LogP contribution in [-0.4, -0.2) is 57.0 Å². The molecule has 0 saturated carbocycles. The molecule has 22 heteroatoms. The van der Waals surface area contributed by atoms with Crippen LogP contribution in [0.25, 0.3) is 21.5 Å². The maximum atomic E-state index is 11.2. The minimum absolute atomic E-state index is 0.0372. The van der Waals surface area contributed by atoms with E-state index in [9.17, 15) is 38.8 Å². The van der Waals surface area contributed by atoms with Crippen molar-refractivity contribution in [1.29, 1.82) is 0 Å². The van der Waals surface area contributed by atoms with Gasteiger partial charge in [0.25, 0.3) is 40.5 Å². The van der Waals surface area contributed by atoms with E-state index < -0.39 is 61.7 Å². The van der Waals surface area contributed by atoms with Gasteiger partial charge in [0.2, 0.25) is 0 Å². The first kappa shape index (κ1) is 37.5. The van der Waals surface area contributed by atoms with Gasteiger partial charge in [0, 0.05) is 33.2 Å². The highest BCUT2D eigenvalue weighted by Gasteiger charge is 2.22. The molecule has 0 fully saturated rings. The van der Waals surface area contributed by atoms with E-state index in [1.54, 1.807) is 12.1 Å². The Morgan fingerprint density at radius 3 is 1.38 bits per heavy atom. The molecular weight excluding hydrogens is 719 g/mol. The molecule has 0 spiro atoms. The van der Waals surface area contributed by atoms with Gasteiger partial charge in [0.15, 0.2) is 0 Å². The number of fused-ring (bicyclic) bond motifs is 2. The Labute approximate surface area is 273 Å². The molecule has 0 saturated heterocycles. The molecule has 0 aromatic heterocycles. The summed E-state index contributed by atoms with van der Waals surface area (Å²) in [5.74, 6) is -0.686. The Morgan fingerprint density at radius 2 is 0.896 bits per heavy atom. The minimum Gasteiger partial charge on any atom is -0.505 e. The normalized spacial score (nSPS) is 12.1. The van der Waals surface area contributed by atoms with Crippen LogP contribution in [-0.2, 0) is 40.5 Å². The SMILES string of the molecule is Nc1cc2c(O)c(N)c(S(=O)(=O)O)cc2cc1S(=O)(=O)O.Nc1ccc(N)c2cc(S(=O)(=O)O)ccc12.Nc1ccc(S(=O)(=O)O)cc1. The lowest BCUT2D eigenvalue weighted by Gasteiger charge is -2.11. The number of hydrogen-bond acceptors (Lipinski definition) is 14. The third-order valence-corrected chi connectivity index (χ3v) is 9.85. The molecule has 0 amide bonds. The number of anilines is 5. The Hall–Kier alpha value is -4.94. The van der Waals surface area contributed by atoms with Gasteiger partial charge >= 0.3 is 0 Å². The maximum Gasteiger partial charge on any atom is 0.296 e. The summed E-state index contributed by atoms with van der Waals surface area (Å²) in [7, 11) is -17.7. The summed E-state index contributed by atoms with van der Waals surface area (Å²) in [6, 6.07) is 15.4. The third-order valence-electron chi connectivity index (χ3n) is 6.33. The molecule has 18 nitrogen and oxygen atoms in total. The van der Waals surface area contributed by atoms with Crippen molar-refractivity contribution in [2.45, 2.75) is 19.6 Å². The Bertz CT molecular complexity index is 2500. The summed E-state index contributed by atoms with van der Waals surface area (Å²) in [5, 5.41) is 10.9. The number of hydrogen-bond donors (Lipinski definition) is 10. The molecule has 0 unspecified atom stereocenters. The van der Waals surface area contributed by atoms with Gasteiger partial charge in [-0.1, -0.05) is 6.07 Å². The summed E-state index contributed by atoms with van der Waals surface area (Å²) in [5.41, 5.74) is 28.0. The zero-order valence-electron chi connectivity index (χ0n) is 24.0. The second-order valence-corrected chi connectivity index (χ2v) is 15.3. The summed E-state index contributed by atoms with van der Waals surface area (Å²) in [4.78, 5) is -1.80.